The highest BCUT2D eigenvalue weighted by Gasteiger charge is 2.30. The predicted octanol–water partition coefficient (Wildman–Crippen LogP) is 3.63. The Hall–Kier alpha value is -1.32. The summed E-state index contributed by atoms with van der Waals surface area (Å²) in [4.78, 5) is 18.9. The van der Waals surface area contributed by atoms with E-state index in [0.29, 0.717) is 16.3 Å². The van der Waals surface area contributed by atoms with E-state index in [1.807, 2.05) is 0 Å². The van der Waals surface area contributed by atoms with Gasteiger partial charge in [0, 0.05) is 10.7 Å². The summed E-state index contributed by atoms with van der Waals surface area (Å²) < 4.78 is 11.6. The molecule has 2 aromatic carbocycles. The molecule has 100 valence electrons. The van der Waals surface area contributed by atoms with Gasteiger partial charge < -0.3 is 15.1 Å². The van der Waals surface area contributed by atoms with Gasteiger partial charge in [-0.15, -0.1) is 0 Å². The van der Waals surface area contributed by atoms with Gasteiger partial charge in [0.15, 0.2) is 5.78 Å². The number of halogens is 1. The molecule has 0 aromatic heterocycles. The van der Waals surface area contributed by atoms with Gasteiger partial charge in [0.25, 0.3) is 0 Å². The van der Waals surface area contributed by atoms with Crippen LogP contribution >= 0.6 is 19.2 Å². The Bertz CT molecular complexity index is 583. The summed E-state index contributed by atoms with van der Waals surface area (Å²) in [5, 5.41) is 3.41. The number of anilines is 1. The molecule has 2 aromatic rings. The fraction of sp³-hybridized carbons (Fsp3) is 0.0769. The minimum absolute atomic E-state index is 0.533. The van der Waals surface area contributed by atoms with Crippen molar-refractivity contribution in [2.24, 2.45) is 0 Å². The fourth-order valence-electron chi connectivity index (χ4n) is 1.70. The second kappa shape index (κ2) is 5.76. The number of hydrogen-bond acceptors (Lipinski definition) is 2. The van der Waals surface area contributed by atoms with Crippen molar-refractivity contribution >= 4 is 24.9 Å². The average Bonchev–Trinajstić information content (AvgIpc) is 2.37. The number of benzene rings is 2. The topological polar surface area (TPSA) is 69.6 Å². The normalized spacial score (nSPS) is 13.0. The molecular weight excluding hydrogens is 285 g/mol. The number of rotatable bonds is 4. The van der Waals surface area contributed by atoms with Gasteiger partial charge in [-0.25, -0.2) is 0 Å². The highest BCUT2D eigenvalue weighted by molar-refractivity contribution is 7.52. The molecule has 2 rings (SSSR count). The highest BCUT2D eigenvalue weighted by Crippen LogP contribution is 2.51. The van der Waals surface area contributed by atoms with Crippen molar-refractivity contribution in [2.75, 3.05) is 5.32 Å². The van der Waals surface area contributed by atoms with E-state index in [2.05, 4.69) is 5.32 Å². The van der Waals surface area contributed by atoms with E-state index in [0.717, 1.165) is 0 Å². The molecule has 0 aliphatic carbocycles. The minimum Gasteiger partial charge on any atom is -0.368 e. The minimum atomic E-state index is -4.32. The number of nitrogens with one attached hydrogen (secondary N) is 1. The standard InChI is InChI=1S/C13H13ClNO3P/c14-11-6-8-12(9-7-11)15-13(19(16,17)18)10-4-2-1-3-5-10/h1-9,13,15H,(H2,16,17,18)/t13-/m0/s1. The molecule has 3 N–H and O–H groups in total. The zero-order chi connectivity index (χ0) is 13.9. The maximum Gasteiger partial charge on any atom is 0.352 e. The van der Waals surface area contributed by atoms with Gasteiger partial charge in [0.2, 0.25) is 0 Å². The SMILES string of the molecule is O=P(O)(O)[C@H](Nc1ccc(Cl)cc1)c1ccccc1. The first kappa shape index (κ1) is 14.1. The summed E-state index contributed by atoms with van der Waals surface area (Å²) in [5.74, 6) is -1.07. The third-order valence-corrected chi connectivity index (χ3v) is 3.95. The molecule has 4 nitrogen and oxygen atoms in total. The first-order chi connectivity index (χ1) is 8.97. The lowest BCUT2D eigenvalue weighted by Gasteiger charge is -2.21. The van der Waals surface area contributed by atoms with Crippen LogP contribution in [-0.4, -0.2) is 9.79 Å². The Kier molecular flexibility index (Phi) is 4.27. The Labute approximate surface area is 116 Å². The van der Waals surface area contributed by atoms with Gasteiger partial charge in [-0.2, -0.15) is 0 Å². The Morgan fingerprint density at radius 1 is 1.00 bits per heavy atom. The molecule has 0 aliphatic rings. The van der Waals surface area contributed by atoms with Crippen LogP contribution in [0.3, 0.4) is 0 Å². The average molecular weight is 298 g/mol. The summed E-state index contributed by atoms with van der Waals surface area (Å²) >= 11 is 5.77. The maximum atomic E-state index is 11.6. The monoisotopic (exact) mass is 297 g/mol. The molecule has 19 heavy (non-hydrogen) atoms. The van der Waals surface area contributed by atoms with Crippen LogP contribution in [0.15, 0.2) is 54.6 Å². The van der Waals surface area contributed by atoms with E-state index in [1.165, 1.54) is 0 Å². The largest absolute Gasteiger partial charge is 0.368 e. The lowest BCUT2D eigenvalue weighted by Crippen LogP contribution is -2.11. The summed E-state index contributed by atoms with van der Waals surface area (Å²) in [7, 11) is -4.32. The molecule has 6 heteroatoms. The molecule has 0 fully saturated rings. The molecule has 0 amide bonds. The van der Waals surface area contributed by atoms with Crippen LogP contribution in [0.1, 0.15) is 11.3 Å². The third-order valence-electron chi connectivity index (χ3n) is 2.60. The summed E-state index contributed by atoms with van der Waals surface area (Å²) in [6.45, 7) is 0. The second-order valence-electron chi connectivity index (χ2n) is 4.05. The van der Waals surface area contributed by atoms with E-state index >= 15 is 0 Å². The van der Waals surface area contributed by atoms with Gasteiger partial charge in [-0.3, -0.25) is 4.57 Å². The van der Waals surface area contributed by atoms with E-state index in [4.69, 9.17) is 11.6 Å². The zero-order valence-corrected chi connectivity index (χ0v) is 11.6. The molecule has 0 unspecified atom stereocenters. The smallest absolute Gasteiger partial charge is 0.352 e. The molecule has 0 spiro atoms. The van der Waals surface area contributed by atoms with Crippen LogP contribution < -0.4 is 5.32 Å². The summed E-state index contributed by atoms with van der Waals surface area (Å²) in [6.07, 6.45) is 0. The quantitative estimate of drug-likeness (QED) is 0.754. The van der Waals surface area contributed by atoms with Crippen molar-refractivity contribution < 1.29 is 14.4 Å². The van der Waals surface area contributed by atoms with Crippen molar-refractivity contribution in [3.8, 4) is 0 Å². The molecule has 0 aliphatic heterocycles. The Morgan fingerprint density at radius 3 is 2.11 bits per heavy atom. The summed E-state index contributed by atoms with van der Waals surface area (Å²) in [6, 6.07) is 15.3. The fourth-order valence-corrected chi connectivity index (χ4v) is 2.70. The molecule has 0 saturated heterocycles. The van der Waals surface area contributed by atoms with Crippen molar-refractivity contribution in [2.45, 2.75) is 5.78 Å². The van der Waals surface area contributed by atoms with E-state index in [-0.39, 0.29) is 0 Å². The van der Waals surface area contributed by atoms with Gasteiger partial charge >= 0.3 is 7.60 Å². The van der Waals surface area contributed by atoms with Crippen molar-refractivity contribution in [3.63, 3.8) is 0 Å². The van der Waals surface area contributed by atoms with Crippen LogP contribution in [0.4, 0.5) is 5.69 Å². The molecule has 1 atom stereocenters. The maximum absolute atomic E-state index is 11.6. The molecule has 0 saturated carbocycles. The van der Waals surface area contributed by atoms with Crippen molar-refractivity contribution in [1.29, 1.82) is 0 Å². The van der Waals surface area contributed by atoms with Gasteiger partial charge in [0.1, 0.15) is 0 Å². The first-order valence-corrected chi connectivity index (χ1v) is 7.65. The van der Waals surface area contributed by atoms with Gasteiger partial charge in [0.05, 0.1) is 0 Å². The van der Waals surface area contributed by atoms with Gasteiger partial charge in [-0.05, 0) is 29.8 Å². The predicted molar refractivity (Wildman–Crippen MR) is 76.3 cm³/mol. The number of hydrogen-bond donors (Lipinski definition) is 3. The molecule has 0 radical (unpaired) electrons. The first-order valence-electron chi connectivity index (χ1n) is 5.59. The van der Waals surface area contributed by atoms with E-state index in [9.17, 15) is 14.4 Å². The van der Waals surface area contributed by atoms with Crippen LogP contribution in [-0.2, 0) is 4.57 Å². The van der Waals surface area contributed by atoms with Crippen molar-refractivity contribution in [3.05, 3.63) is 65.2 Å². The van der Waals surface area contributed by atoms with E-state index in [1.54, 1.807) is 54.6 Å². The highest BCUT2D eigenvalue weighted by atomic mass is 35.5. The van der Waals surface area contributed by atoms with Crippen molar-refractivity contribution in [1.82, 2.24) is 0 Å². The molecule has 0 bridgehead atoms. The third kappa shape index (κ3) is 3.82. The second-order valence-corrected chi connectivity index (χ2v) is 6.18. The molecule has 0 heterocycles. The van der Waals surface area contributed by atoms with Crippen LogP contribution in [0.25, 0.3) is 0 Å². The van der Waals surface area contributed by atoms with Crippen LogP contribution in [0.2, 0.25) is 5.02 Å². The lowest BCUT2D eigenvalue weighted by molar-refractivity contribution is 0.363. The van der Waals surface area contributed by atoms with Gasteiger partial charge in [-0.1, -0.05) is 41.9 Å². The van der Waals surface area contributed by atoms with Crippen LogP contribution in [0, 0.1) is 0 Å². The lowest BCUT2D eigenvalue weighted by atomic mass is 10.2. The zero-order valence-electron chi connectivity index (χ0n) is 9.90. The van der Waals surface area contributed by atoms with E-state index < -0.39 is 13.4 Å². The Balaban J connectivity index is 2.30. The van der Waals surface area contributed by atoms with Crippen LogP contribution in [0.5, 0.6) is 0 Å². The summed E-state index contributed by atoms with van der Waals surface area (Å²) in [5.41, 5.74) is 1.13. The Morgan fingerprint density at radius 2 is 1.58 bits per heavy atom. The molecular formula is C13H13ClNO3P.